The van der Waals surface area contributed by atoms with Crippen LogP contribution in [0.4, 0.5) is 5.69 Å². The van der Waals surface area contributed by atoms with Crippen molar-refractivity contribution in [2.24, 2.45) is 5.92 Å². The van der Waals surface area contributed by atoms with Crippen molar-refractivity contribution in [3.05, 3.63) is 42.5 Å². The molecule has 3 aromatic rings. The van der Waals surface area contributed by atoms with Crippen molar-refractivity contribution >= 4 is 57.2 Å². The molecule has 26 heavy (non-hydrogen) atoms. The Morgan fingerprint density at radius 3 is 2.58 bits per heavy atom. The zero-order valence-electron chi connectivity index (χ0n) is 14.9. The number of nitrogens with one attached hydrogen (secondary N) is 1. The molecule has 1 amide bonds. The first-order chi connectivity index (χ1) is 12.5. The standard InChI is InChI=1S/C19H21N3OS3/c1-12(2)11-24-18-21-22-19(26-18)25-13(3)17(23)20-16-9-8-14-6-4-5-7-15(14)10-16/h4-10,12-13H,11H2,1-3H3,(H,20,23)/t13-/m1/s1. The molecule has 1 aromatic heterocycles. The van der Waals surface area contributed by atoms with E-state index in [1.807, 2.05) is 43.3 Å². The molecule has 1 atom stereocenters. The molecule has 0 fully saturated rings. The van der Waals surface area contributed by atoms with E-state index in [0.29, 0.717) is 5.92 Å². The van der Waals surface area contributed by atoms with Gasteiger partial charge in [0.15, 0.2) is 8.68 Å². The topological polar surface area (TPSA) is 54.9 Å². The summed E-state index contributed by atoms with van der Waals surface area (Å²) in [4.78, 5) is 12.5. The SMILES string of the molecule is CC(C)CSc1nnc(S[C@H](C)C(=O)Nc2ccc3ccccc3c2)s1. The Labute approximate surface area is 166 Å². The Balaban J connectivity index is 1.58. The molecule has 0 aliphatic rings. The zero-order chi connectivity index (χ0) is 18.5. The summed E-state index contributed by atoms with van der Waals surface area (Å²) < 4.78 is 1.79. The zero-order valence-corrected chi connectivity index (χ0v) is 17.4. The van der Waals surface area contributed by atoms with E-state index in [-0.39, 0.29) is 11.2 Å². The maximum atomic E-state index is 12.5. The number of rotatable bonds is 7. The Kier molecular flexibility index (Phi) is 6.56. The summed E-state index contributed by atoms with van der Waals surface area (Å²) in [5.41, 5.74) is 0.812. The van der Waals surface area contributed by atoms with Crippen LogP contribution in [-0.4, -0.2) is 27.1 Å². The smallest absolute Gasteiger partial charge is 0.237 e. The third kappa shape index (κ3) is 5.22. The van der Waals surface area contributed by atoms with Crippen molar-refractivity contribution in [2.75, 3.05) is 11.1 Å². The van der Waals surface area contributed by atoms with Crippen LogP contribution in [0.3, 0.4) is 0 Å². The Morgan fingerprint density at radius 2 is 1.81 bits per heavy atom. The summed E-state index contributed by atoms with van der Waals surface area (Å²) in [7, 11) is 0. The summed E-state index contributed by atoms with van der Waals surface area (Å²) in [6, 6.07) is 14.1. The third-order valence-corrected chi connectivity index (χ3v) is 7.26. The molecule has 0 saturated carbocycles. The molecular formula is C19H21N3OS3. The lowest BCUT2D eigenvalue weighted by Gasteiger charge is -2.11. The van der Waals surface area contributed by atoms with Crippen LogP contribution >= 0.6 is 34.9 Å². The van der Waals surface area contributed by atoms with Crippen LogP contribution in [0.15, 0.2) is 51.1 Å². The molecule has 3 rings (SSSR count). The number of aromatic nitrogens is 2. The summed E-state index contributed by atoms with van der Waals surface area (Å²) in [6.45, 7) is 6.26. The maximum absolute atomic E-state index is 12.5. The average molecular weight is 404 g/mol. The minimum atomic E-state index is -0.239. The first-order valence-corrected chi connectivity index (χ1v) is 11.1. The van der Waals surface area contributed by atoms with Gasteiger partial charge in [-0.05, 0) is 35.7 Å². The second-order valence-corrected chi connectivity index (χ2v) is 10.2. The molecule has 0 saturated heterocycles. The van der Waals surface area contributed by atoms with Crippen molar-refractivity contribution in [1.82, 2.24) is 10.2 Å². The van der Waals surface area contributed by atoms with E-state index in [2.05, 4.69) is 35.4 Å². The molecule has 0 spiro atoms. The number of fused-ring (bicyclic) bond motifs is 1. The molecule has 1 N–H and O–H groups in total. The van der Waals surface area contributed by atoms with Crippen LogP contribution in [0.25, 0.3) is 10.8 Å². The minimum Gasteiger partial charge on any atom is -0.325 e. The molecule has 136 valence electrons. The lowest BCUT2D eigenvalue weighted by Crippen LogP contribution is -2.22. The van der Waals surface area contributed by atoms with Gasteiger partial charge in [-0.25, -0.2) is 0 Å². The molecule has 0 aliphatic heterocycles. The second-order valence-electron chi connectivity index (χ2n) is 6.35. The molecule has 0 aliphatic carbocycles. The number of nitrogens with zero attached hydrogens (tertiary/aromatic N) is 2. The van der Waals surface area contributed by atoms with Crippen LogP contribution in [0.2, 0.25) is 0 Å². The highest BCUT2D eigenvalue weighted by Crippen LogP contribution is 2.32. The third-order valence-electron chi connectivity index (χ3n) is 3.59. The second kappa shape index (κ2) is 8.88. The first kappa shape index (κ1) is 19.2. The fraction of sp³-hybridized carbons (Fsp3) is 0.316. The highest BCUT2D eigenvalue weighted by molar-refractivity contribution is 8.03. The fourth-order valence-corrected chi connectivity index (χ4v) is 5.40. The molecular weight excluding hydrogens is 382 g/mol. The minimum absolute atomic E-state index is 0.0307. The van der Waals surface area contributed by atoms with Crippen LogP contribution < -0.4 is 5.32 Å². The summed E-state index contributed by atoms with van der Waals surface area (Å²) in [5.74, 6) is 1.61. The number of anilines is 1. The number of thioether (sulfide) groups is 2. The quantitative estimate of drug-likeness (QED) is 0.524. The van der Waals surface area contributed by atoms with E-state index >= 15 is 0 Å². The number of benzene rings is 2. The van der Waals surface area contributed by atoms with Gasteiger partial charge in [0, 0.05) is 11.4 Å². The van der Waals surface area contributed by atoms with Crippen LogP contribution in [-0.2, 0) is 4.79 Å². The van der Waals surface area contributed by atoms with Crippen molar-refractivity contribution < 1.29 is 4.79 Å². The summed E-state index contributed by atoms with van der Waals surface area (Å²) in [5, 5.41) is 13.4. The molecule has 0 radical (unpaired) electrons. The largest absolute Gasteiger partial charge is 0.325 e. The van der Waals surface area contributed by atoms with Crippen molar-refractivity contribution in [3.63, 3.8) is 0 Å². The van der Waals surface area contributed by atoms with Crippen molar-refractivity contribution in [3.8, 4) is 0 Å². The molecule has 4 nitrogen and oxygen atoms in total. The molecule has 2 aromatic carbocycles. The van der Waals surface area contributed by atoms with Gasteiger partial charge < -0.3 is 5.32 Å². The van der Waals surface area contributed by atoms with E-state index in [0.717, 1.165) is 30.9 Å². The van der Waals surface area contributed by atoms with Gasteiger partial charge in [-0.15, -0.1) is 10.2 Å². The number of carbonyl (C=O) groups excluding carboxylic acids is 1. The molecule has 7 heteroatoms. The van der Waals surface area contributed by atoms with Crippen molar-refractivity contribution in [2.45, 2.75) is 34.7 Å². The van der Waals surface area contributed by atoms with Crippen molar-refractivity contribution in [1.29, 1.82) is 0 Å². The van der Waals surface area contributed by atoms with Gasteiger partial charge in [-0.1, -0.05) is 79.0 Å². The predicted octanol–water partition coefficient (Wildman–Crippen LogP) is 5.56. The normalized spacial score (nSPS) is 12.5. The number of hydrogen-bond acceptors (Lipinski definition) is 6. The van der Waals surface area contributed by atoms with Crippen LogP contribution in [0.5, 0.6) is 0 Å². The summed E-state index contributed by atoms with van der Waals surface area (Å²) in [6.07, 6.45) is 0. The van der Waals surface area contributed by atoms with E-state index in [9.17, 15) is 4.79 Å². The Morgan fingerprint density at radius 1 is 1.08 bits per heavy atom. The van der Waals surface area contributed by atoms with Gasteiger partial charge in [-0.2, -0.15) is 0 Å². The molecule has 0 bridgehead atoms. The van der Waals surface area contributed by atoms with Gasteiger partial charge in [-0.3, -0.25) is 4.79 Å². The maximum Gasteiger partial charge on any atom is 0.237 e. The van der Waals surface area contributed by atoms with Gasteiger partial charge in [0.2, 0.25) is 5.91 Å². The lowest BCUT2D eigenvalue weighted by molar-refractivity contribution is -0.115. The Hall–Kier alpha value is -1.57. The highest BCUT2D eigenvalue weighted by Gasteiger charge is 2.17. The monoisotopic (exact) mass is 403 g/mol. The number of amides is 1. The van der Waals surface area contributed by atoms with E-state index in [1.54, 1.807) is 23.1 Å². The highest BCUT2D eigenvalue weighted by atomic mass is 32.2. The van der Waals surface area contributed by atoms with E-state index in [1.165, 1.54) is 11.8 Å². The van der Waals surface area contributed by atoms with Crippen LogP contribution in [0, 0.1) is 5.92 Å². The average Bonchev–Trinajstić information content (AvgIpc) is 3.07. The van der Waals surface area contributed by atoms with Crippen LogP contribution in [0.1, 0.15) is 20.8 Å². The molecule has 1 heterocycles. The van der Waals surface area contributed by atoms with E-state index in [4.69, 9.17) is 0 Å². The summed E-state index contributed by atoms with van der Waals surface area (Å²) >= 11 is 4.72. The van der Waals surface area contributed by atoms with Gasteiger partial charge in [0.05, 0.1) is 5.25 Å². The lowest BCUT2D eigenvalue weighted by atomic mass is 10.1. The van der Waals surface area contributed by atoms with Gasteiger partial charge in [0.25, 0.3) is 0 Å². The molecule has 0 unspecified atom stereocenters. The first-order valence-electron chi connectivity index (χ1n) is 8.44. The Bertz CT molecular complexity index is 894. The number of carbonyl (C=O) groups is 1. The fourth-order valence-electron chi connectivity index (χ4n) is 2.26. The van der Waals surface area contributed by atoms with Gasteiger partial charge >= 0.3 is 0 Å². The van der Waals surface area contributed by atoms with Gasteiger partial charge in [0.1, 0.15) is 0 Å². The van der Waals surface area contributed by atoms with E-state index < -0.39 is 0 Å². The predicted molar refractivity (Wildman–Crippen MR) is 113 cm³/mol. The number of hydrogen-bond donors (Lipinski definition) is 1.